The maximum absolute atomic E-state index is 10.8. The summed E-state index contributed by atoms with van der Waals surface area (Å²) in [5.74, 6) is 0.189. The number of hydrogen-bond acceptors (Lipinski definition) is 3. The van der Waals surface area contributed by atoms with E-state index in [1.807, 2.05) is 6.92 Å². The van der Waals surface area contributed by atoms with Crippen molar-refractivity contribution in [3.8, 4) is 0 Å². The maximum Gasteiger partial charge on any atom is 0.135 e. The minimum atomic E-state index is 0.189. The molecule has 0 aliphatic carbocycles. The monoisotopic (exact) mass is 198 g/mol. The zero-order valence-corrected chi connectivity index (χ0v) is 9.84. The highest BCUT2D eigenvalue weighted by Crippen LogP contribution is 1.91. The topological polar surface area (TPSA) is 32.7 Å². The van der Waals surface area contributed by atoms with Gasteiger partial charge in [-0.3, -0.25) is 9.79 Å². The van der Waals surface area contributed by atoms with E-state index < -0.39 is 0 Å². The molecule has 0 aromatic rings. The molecule has 0 heterocycles. The Balaban J connectivity index is 3.74. The van der Waals surface area contributed by atoms with Crippen LogP contribution < -0.4 is 0 Å². The van der Waals surface area contributed by atoms with Crippen LogP contribution in [0.15, 0.2) is 4.99 Å². The average Bonchev–Trinajstić information content (AvgIpc) is 2.11. The zero-order valence-electron chi connectivity index (χ0n) is 9.84. The Kier molecular flexibility index (Phi) is 7.30. The van der Waals surface area contributed by atoms with Crippen molar-refractivity contribution in [2.75, 3.05) is 26.2 Å². The smallest absolute Gasteiger partial charge is 0.135 e. The van der Waals surface area contributed by atoms with Crippen molar-refractivity contribution in [1.82, 2.24) is 4.90 Å². The first kappa shape index (κ1) is 13.3. The lowest BCUT2D eigenvalue weighted by molar-refractivity contribution is -0.115. The summed E-state index contributed by atoms with van der Waals surface area (Å²) in [5.41, 5.74) is 0.949. The van der Waals surface area contributed by atoms with Crippen molar-refractivity contribution < 1.29 is 4.79 Å². The lowest BCUT2D eigenvalue weighted by Gasteiger charge is -2.16. The number of likely N-dealkylation sites (N-methyl/N-ethyl adjacent to an activating group) is 1. The van der Waals surface area contributed by atoms with Gasteiger partial charge in [-0.2, -0.15) is 0 Å². The van der Waals surface area contributed by atoms with Gasteiger partial charge in [0.2, 0.25) is 0 Å². The Hall–Kier alpha value is -0.700. The molecule has 0 spiro atoms. The third-order valence-electron chi connectivity index (χ3n) is 2.20. The Labute approximate surface area is 87.2 Å². The van der Waals surface area contributed by atoms with Gasteiger partial charge >= 0.3 is 0 Å². The van der Waals surface area contributed by atoms with Crippen LogP contribution in [0.1, 0.15) is 34.1 Å². The van der Waals surface area contributed by atoms with Crippen LogP contribution in [-0.2, 0) is 4.79 Å². The first-order chi connectivity index (χ1) is 6.60. The van der Waals surface area contributed by atoms with Crippen LogP contribution in [0.2, 0.25) is 0 Å². The summed E-state index contributed by atoms with van der Waals surface area (Å²) in [4.78, 5) is 17.5. The van der Waals surface area contributed by atoms with Crippen LogP contribution in [0.4, 0.5) is 0 Å². The second-order valence-corrected chi connectivity index (χ2v) is 3.52. The third kappa shape index (κ3) is 6.78. The van der Waals surface area contributed by atoms with E-state index in [0.717, 1.165) is 31.9 Å². The second kappa shape index (κ2) is 7.68. The van der Waals surface area contributed by atoms with E-state index in [-0.39, 0.29) is 5.78 Å². The summed E-state index contributed by atoms with van der Waals surface area (Å²) in [6, 6.07) is 0. The number of ketones is 1. The third-order valence-corrected chi connectivity index (χ3v) is 2.20. The van der Waals surface area contributed by atoms with E-state index in [9.17, 15) is 4.79 Å². The molecule has 0 amide bonds. The molecular formula is C11H22N2O. The van der Waals surface area contributed by atoms with E-state index in [4.69, 9.17) is 0 Å². The van der Waals surface area contributed by atoms with Gasteiger partial charge in [-0.1, -0.05) is 13.8 Å². The van der Waals surface area contributed by atoms with Crippen LogP contribution in [0.3, 0.4) is 0 Å². The predicted molar refractivity (Wildman–Crippen MR) is 61.1 cm³/mol. The first-order valence-electron chi connectivity index (χ1n) is 5.31. The van der Waals surface area contributed by atoms with E-state index in [0.29, 0.717) is 6.42 Å². The van der Waals surface area contributed by atoms with Crippen LogP contribution >= 0.6 is 0 Å². The van der Waals surface area contributed by atoms with Crippen molar-refractivity contribution >= 4 is 11.5 Å². The molecule has 0 atom stereocenters. The highest BCUT2D eigenvalue weighted by Gasteiger charge is 1.98. The number of hydrogen-bond donors (Lipinski definition) is 0. The van der Waals surface area contributed by atoms with Gasteiger partial charge < -0.3 is 4.90 Å². The minimum Gasteiger partial charge on any atom is -0.302 e. The normalized spacial score (nSPS) is 12.2. The lowest BCUT2D eigenvalue weighted by atomic mass is 10.2. The summed E-state index contributed by atoms with van der Waals surface area (Å²) >= 11 is 0. The quantitative estimate of drug-likeness (QED) is 0.584. The zero-order chi connectivity index (χ0) is 11.0. The molecule has 0 bridgehead atoms. The molecule has 0 aliphatic rings. The van der Waals surface area contributed by atoms with Crippen molar-refractivity contribution in [1.29, 1.82) is 0 Å². The standard InChI is InChI=1S/C11H22N2O/c1-5-13(6-2)8-7-12-10(3)9-11(4)14/h5-9H2,1-4H3/b12-10+. The number of nitrogens with zero attached hydrogens (tertiary/aromatic N) is 2. The van der Waals surface area contributed by atoms with Gasteiger partial charge in [-0.15, -0.1) is 0 Å². The van der Waals surface area contributed by atoms with Gasteiger partial charge in [0.15, 0.2) is 0 Å². The largest absolute Gasteiger partial charge is 0.302 e. The number of Topliss-reactive ketones (excluding diaryl/α,β-unsaturated/α-hetero) is 1. The van der Waals surface area contributed by atoms with Gasteiger partial charge in [-0.25, -0.2) is 0 Å². The molecule has 3 heteroatoms. The fourth-order valence-corrected chi connectivity index (χ4v) is 1.34. The summed E-state index contributed by atoms with van der Waals surface area (Å²) in [6.45, 7) is 11.7. The summed E-state index contributed by atoms with van der Waals surface area (Å²) in [6.07, 6.45) is 0.498. The first-order valence-corrected chi connectivity index (χ1v) is 5.31. The van der Waals surface area contributed by atoms with E-state index in [2.05, 4.69) is 23.7 Å². The highest BCUT2D eigenvalue weighted by atomic mass is 16.1. The summed E-state index contributed by atoms with van der Waals surface area (Å²) in [7, 11) is 0. The van der Waals surface area contributed by atoms with Crippen molar-refractivity contribution in [3.05, 3.63) is 0 Å². The maximum atomic E-state index is 10.8. The van der Waals surface area contributed by atoms with E-state index in [1.54, 1.807) is 6.92 Å². The molecule has 0 fully saturated rings. The van der Waals surface area contributed by atoms with Crippen molar-refractivity contribution in [2.45, 2.75) is 34.1 Å². The van der Waals surface area contributed by atoms with E-state index >= 15 is 0 Å². The Morgan fingerprint density at radius 2 is 1.79 bits per heavy atom. The fourth-order valence-electron chi connectivity index (χ4n) is 1.34. The van der Waals surface area contributed by atoms with Crippen LogP contribution in [0.25, 0.3) is 0 Å². The van der Waals surface area contributed by atoms with Gasteiger partial charge in [0, 0.05) is 18.7 Å². The Morgan fingerprint density at radius 1 is 1.21 bits per heavy atom. The Bertz CT molecular complexity index is 195. The molecule has 0 saturated heterocycles. The summed E-state index contributed by atoms with van der Waals surface area (Å²) in [5, 5.41) is 0. The molecule has 0 unspecified atom stereocenters. The number of aliphatic imine (C=N–C) groups is 1. The lowest BCUT2D eigenvalue weighted by Crippen LogP contribution is -2.25. The molecule has 0 N–H and O–H groups in total. The van der Waals surface area contributed by atoms with Crippen molar-refractivity contribution in [3.63, 3.8) is 0 Å². The van der Waals surface area contributed by atoms with E-state index in [1.165, 1.54) is 0 Å². The second-order valence-electron chi connectivity index (χ2n) is 3.52. The molecule has 82 valence electrons. The summed E-state index contributed by atoms with van der Waals surface area (Å²) < 4.78 is 0. The van der Waals surface area contributed by atoms with Crippen LogP contribution in [0.5, 0.6) is 0 Å². The van der Waals surface area contributed by atoms with Crippen LogP contribution in [-0.4, -0.2) is 42.6 Å². The molecular weight excluding hydrogens is 176 g/mol. The molecule has 0 aromatic carbocycles. The fraction of sp³-hybridized carbons (Fsp3) is 0.818. The van der Waals surface area contributed by atoms with Gasteiger partial charge in [0.1, 0.15) is 5.78 Å². The number of carbonyl (C=O) groups excluding carboxylic acids is 1. The number of carbonyl (C=O) groups is 1. The van der Waals surface area contributed by atoms with Crippen molar-refractivity contribution in [2.24, 2.45) is 4.99 Å². The minimum absolute atomic E-state index is 0.189. The molecule has 0 radical (unpaired) electrons. The van der Waals surface area contributed by atoms with Gasteiger partial charge in [0.25, 0.3) is 0 Å². The average molecular weight is 198 g/mol. The molecule has 0 aliphatic heterocycles. The molecule has 0 aromatic heterocycles. The SMILES string of the molecule is CCN(CC)CC/N=C(\C)CC(C)=O. The van der Waals surface area contributed by atoms with Crippen LogP contribution in [0, 0.1) is 0 Å². The molecule has 3 nitrogen and oxygen atoms in total. The highest BCUT2D eigenvalue weighted by molar-refractivity contribution is 5.99. The number of rotatable bonds is 7. The molecule has 14 heavy (non-hydrogen) atoms. The predicted octanol–water partition coefficient (Wildman–Crippen LogP) is 1.77. The molecule has 0 saturated carbocycles. The van der Waals surface area contributed by atoms with Gasteiger partial charge in [-0.05, 0) is 26.9 Å². The van der Waals surface area contributed by atoms with Gasteiger partial charge in [0.05, 0.1) is 6.54 Å². The molecule has 0 rings (SSSR count). The Morgan fingerprint density at radius 3 is 2.21 bits per heavy atom.